The molecular weight excluding hydrogens is 228 g/mol. The molecule has 2 aliphatic rings. The lowest BCUT2D eigenvalue weighted by atomic mass is 9.90. The van der Waals surface area contributed by atoms with Crippen molar-refractivity contribution in [1.82, 2.24) is 5.01 Å². The van der Waals surface area contributed by atoms with Crippen LogP contribution in [0.25, 0.3) is 0 Å². The molecule has 7 nitrogen and oxygen atoms in total. The molecule has 1 saturated carbocycles. The summed E-state index contributed by atoms with van der Waals surface area (Å²) in [6, 6.07) is 0. The fraction of sp³-hybridized carbons (Fsp3) is 0.700. The lowest BCUT2D eigenvalue weighted by Gasteiger charge is -2.34. The first-order valence-corrected chi connectivity index (χ1v) is 5.37. The summed E-state index contributed by atoms with van der Waals surface area (Å²) in [5, 5.41) is 4.75. The number of ketones is 1. The first kappa shape index (κ1) is 11.7. The molecule has 0 N–H and O–H groups in total. The van der Waals surface area contributed by atoms with E-state index in [1.54, 1.807) is 0 Å². The van der Waals surface area contributed by atoms with Crippen LogP contribution < -0.4 is 0 Å². The summed E-state index contributed by atoms with van der Waals surface area (Å²) >= 11 is 0. The smallest absolute Gasteiger partial charge is 0.434 e. The Balaban J connectivity index is 2.32. The lowest BCUT2D eigenvalue weighted by Crippen LogP contribution is -2.55. The van der Waals surface area contributed by atoms with Gasteiger partial charge in [0.15, 0.2) is 5.78 Å². The number of carbonyl (C=O) groups excluding carboxylic acids is 2. The summed E-state index contributed by atoms with van der Waals surface area (Å²) in [7, 11) is 2.59. The Kier molecular flexibility index (Phi) is 2.91. The molecule has 0 bridgehead atoms. The van der Waals surface area contributed by atoms with Gasteiger partial charge in [0, 0.05) is 12.8 Å². The van der Waals surface area contributed by atoms with Crippen LogP contribution >= 0.6 is 0 Å². The predicted octanol–water partition coefficient (Wildman–Crippen LogP) is 0.842. The zero-order valence-corrected chi connectivity index (χ0v) is 9.76. The number of ether oxygens (including phenoxy) is 3. The minimum atomic E-state index is -1.36. The molecule has 0 aromatic heterocycles. The molecule has 1 atom stereocenters. The zero-order chi connectivity index (χ0) is 12.5. The number of hydrogen-bond acceptors (Lipinski definition) is 6. The van der Waals surface area contributed by atoms with Crippen LogP contribution in [0.15, 0.2) is 5.10 Å². The second-order valence-electron chi connectivity index (χ2n) is 3.87. The van der Waals surface area contributed by atoms with Crippen molar-refractivity contribution in [2.45, 2.75) is 31.4 Å². The third kappa shape index (κ3) is 1.71. The Bertz CT molecular complexity index is 381. The third-order valence-electron chi connectivity index (χ3n) is 2.91. The van der Waals surface area contributed by atoms with Gasteiger partial charge in [0.05, 0.1) is 14.2 Å². The lowest BCUT2D eigenvalue weighted by molar-refractivity contribution is -0.154. The van der Waals surface area contributed by atoms with Crippen LogP contribution in [0.1, 0.15) is 25.7 Å². The molecule has 94 valence electrons. The van der Waals surface area contributed by atoms with Crippen molar-refractivity contribution in [3.8, 4) is 0 Å². The van der Waals surface area contributed by atoms with Crippen LogP contribution in [0.3, 0.4) is 0 Å². The van der Waals surface area contributed by atoms with Crippen molar-refractivity contribution < 1.29 is 23.8 Å². The highest BCUT2D eigenvalue weighted by molar-refractivity contribution is 5.94. The molecule has 0 aromatic rings. The fourth-order valence-electron chi connectivity index (χ4n) is 2.04. The van der Waals surface area contributed by atoms with Gasteiger partial charge in [0.25, 0.3) is 5.72 Å². The average molecular weight is 242 g/mol. The van der Waals surface area contributed by atoms with Crippen LogP contribution in [0, 0.1) is 0 Å². The van der Waals surface area contributed by atoms with E-state index in [1.165, 1.54) is 14.2 Å². The SMILES string of the molecule is COC(=O)N1N=C(OC)OC12CCCCC2=O. The highest BCUT2D eigenvalue weighted by atomic mass is 16.7. The van der Waals surface area contributed by atoms with Gasteiger partial charge in [-0.2, -0.15) is 0 Å². The minimum absolute atomic E-state index is 0.0920. The van der Waals surface area contributed by atoms with Gasteiger partial charge >= 0.3 is 12.2 Å². The largest absolute Gasteiger partial charge is 0.453 e. The highest BCUT2D eigenvalue weighted by Crippen LogP contribution is 2.36. The van der Waals surface area contributed by atoms with Gasteiger partial charge < -0.3 is 14.2 Å². The molecule has 2 rings (SSSR count). The second kappa shape index (κ2) is 4.23. The first-order chi connectivity index (χ1) is 8.14. The van der Waals surface area contributed by atoms with Crippen molar-refractivity contribution in [1.29, 1.82) is 0 Å². The topological polar surface area (TPSA) is 77.4 Å². The van der Waals surface area contributed by atoms with Crippen LogP contribution in [0.4, 0.5) is 4.79 Å². The van der Waals surface area contributed by atoms with E-state index in [9.17, 15) is 9.59 Å². The summed E-state index contributed by atoms with van der Waals surface area (Å²) in [5.74, 6) is -0.176. The van der Waals surface area contributed by atoms with Crippen molar-refractivity contribution in [3.63, 3.8) is 0 Å². The molecule has 1 amide bonds. The number of amides is 1. The number of methoxy groups -OCH3 is 2. The Morgan fingerprint density at radius 1 is 1.47 bits per heavy atom. The molecule has 17 heavy (non-hydrogen) atoms. The van der Waals surface area contributed by atoms with E-state index >= 15 is 0 Å². The van der Waals surface area contributed by atoms with Crippen molar-refractivity contribution in [3.05, 3.63) is 0 Å². The van der Waals surface area contributed by atoms with Crippen molar-refractivity contribution >= 4 is 18.0 Å². The molecule has 0 saturated heterocycles. The van der Waals surface area contributed by atoms with Crippen molar-refractivity contribution in [2.24, 2.45) is 5.10 Å². The number of nitrogens with zero attached hydrogens (tertiary/aromatic N) is 2. The number of carbonyl (C=O) groups is 2. The summed E-state index contributed by atoms with van der Waals surface area (Å²) in [5.41, 5.74) is -1.36. The van der Waals surface area contributed by atoms with E-state index in [1.807, 2.05) is 0 Å². The van der Waals surface area contributed by atoms with Gasteiger partial charge in [0.1, 0.15) is 0 Å². The molecule has 1 fully saturated rings. The quantitative estimate of drug-likeness (QED) is 0.629. The maximum atomic E-state index is 12.0. The van der Waals surface area contributed by atoms with Gasteiger partial charge in [-0.25, -0.2) is 4.79 Å². The minimum Gasteiger partial charge on any atom is -0.453 e. The Labute approximate surface area is 98.3 Å². The highest BCUT2D eigenvalue weighted by Gasteiger charge is 2.56. The van der Waals surface area contributed by atoms with Gasteiger partial charge in [-0.15, -0.1) is 5.01 Å². The standard InChI is InChI=1S/C10H14N2O5/c1-15-8-11-12(9(14)16-2)10(17-8)6-4-3-5-7(10)13/h3-6H2,1-2H3. The average Bonchev–Trinajstić information content (AvgIpc) is 2.72. The second-order valence-corrected chi connectivity index (χ2v) is 3.87. The molecule has 1 heterocycles. The summed E-state index contributed by atoms with van der Waals surface area (Å²) in [6.45, 7) is 0. The summed E-state index contributed by atoms with van der Waals surface area (Å²) in [4.78, 5) is 23.6. The fourth-order valence-corrected chi connectivity index (χ4v) is 2.04. The van der Waals surface area contributed by atoms with Gasteiger partial charge in [-0.05, 0) is 12.8 Å². The van der Waals surface area contributed by atoms with Crippen LogP contribution in [-0.2, 0) is 19.0 Å². The molecule has 1 aliphatic heterocycles. The predicted molar refractivity (Wildman–Crippen MR) is 56.0 cm³/mol. The summed E-state index contributed by atoms with van der Waals surface area (Å²) < 4.78 is 14.8. The maximum Gasteiger partial charge on any atom is 0.434 e. The molecule has 1 aliphatic carbocycles. The third-order valence-corrected chi connectivity index (χ3v) is 2.91. The molecule has 7 heteroatoms. The van der Waals surface area contributed by atoms with Crippen molar-refractivity contribution in [2.75, 3.05) is 14.2 Å². The zero-order valence-electron chi connectivity index (χ0n) is 9.76. The Morgan fingerprint density at radius 2 is 2.24 bits per heavy atom. The first-order valence-electron chi connectivity index (χ1n) is 5.37. The maximum absolute atomic E-state index is 12.0. The van der Waals surface area contributed by atoms with Gasteiger partial charge in [0.2, 0.25) is 0 Å². The summed E-state index contributed by atoms with van der Waals surface area (Å²) in [6.07, 6.45) is 1.52. The molecule has 0 radical (unpaired) electrons. The molecule has 1 spiro atoms. The number of rotatable bonds is 0. The Morgan fingerprint density at radius 3 is 2.82 bits per heavy atom. The monoisotopic (exact) mass is 242 g/mol. The Hall–Kier alpha value is -1.79. The molecule has 1 unspecified atom stereocenters. The number of hydrogen-bond donors (Lipinski definition) is 0. The van der Waals surface area contributed by atoms with E-state index in [0.717, 1.165) is 17.9 Å². The number of hydrazone groups is 1. The number of Topliss-reactive ketones (excluding diaryl/α,β-unsaturated/α-hetero) is 1. The molecular formula is C10H14N2O5. The van der Waals surface area contributed by atoms with Crippen LogP contribution in [0.2, 0.25) is 0 Å². The van der Waals surface area contributed by atoms with Gasteiger partial charge in [-0.3, -0.25) is 4.79 Å². The van der Waals surface area contributed by atoms with Crippen LogP contribution in [0.5, 0.6) is 0 Å². The molecule has 0 aromatic carbocycles. The normalized spacial score (nSPS) is 27.8. The van der Waals surface area contributed by atoms with E-state index in [4.69, 9.17) is 9.47 Å². The van der Waals surface area contributed by atoms with E-state index in [2.05, 4.69) is 9.84 Å². The van der Waals surface area contributed by atoms with Gasteiger partial charge in [-0.1, -0.05) is 5.10 Å². The van der Waals surface area contributed by atoms with E-state index < -0.39 is 11.8 Å². The van der Waals surface area contributed by atoms with E-state index in [0.29, 0.717) is 12.8 Å². The van der Waals surface area contributed by atoms with E-state index in [-0.39, 0.29) is 11.9 Å². The van der Waals surface area contributed by atoms with Crippen LogP contribution in [-0.4, -0.2) is 42.9 Å².